The SMILES string of the molecule is Cc1cc(C(O)C(=O)c2cc(C)c(C)c(F)c2)ccc1OC(F)F. The first-order valence-corrected chi connectivity index (χ1v) is 7.25. The van der Waals surface area contributed by atoms with E-state index in [-0.39, 0.29) is 16.9 Å². The van der Waals surface area contributed by atoms with Crippen molar-refractivity contribution < 1.29 is 27.8 Å². The van der Waals surface area contributed by atoms with Crippen LogP contribution in [0.5, 0.6) is 5.75 Å². The summed E-state index contributed by atoms with van der Waals surface area (Å²) in [5.41, 5.74) is 1.66. The van der Waals surface area contributed by atoms with E-state index in [0.29, 0.717) is 16.7 Å². The predicted octanol–water partition coefficient (Wildman–Crippen LogP) is 4.27. The van der Waals surface area contributed by atoms with Crippen LogP contribution in [0.25, 0.3) is 0 Å². The third kappa shape index (κ3) is 3.76. The summed E-state index contributed by atoms with van der Waals surface area (Å²) in [6.45, 7) is 1.83. The number of Topliss-reactive ketones (excluding diaryl/α,β-unsaturated/α-hetero) is 1. The zero-order chi connectivity index (χ0) is 18.0. The Bertz CT molecular complexity index is 749. The number of aryl methyl sites for hydroxylation is 2. The molecule has 0 aliphatic heterocycles. The van der Waals surface area contributed by atoms with Gasteiger partial charge in [0.05, 0.1) is 0 Å². The molecule has 2 rings (SSSR count). The van der Waals surface area contributed by atoms with Crippen molar-refractivity contribution >= 4 is 5.78 Å². The molecule has 0 aromatic heterocycles. The third-order valence-corrected chi connectivity index (χ3v) is 3.87. The van der Waals surface area contributed by atoms with E-state index >= 15 is 0 Å². The Kier molecular flexibility index (Phi) is 5.29. The molecule has 1 unspecified atom stereocenters. The standard InChI is InChI=1S/C18H17F3O3/c1-9-6-13(8-14(19)11(9)3)17(23)16(22)12-4-5-15(10(2)7-12)24-18(20)21/h4-8,16,18,22H,1-3H3. The molecule has 6 heteroatoms. The Morgan fingerprint density at radius 1 is 1.08 bits per heavy atom. The number of hydrogen-bond donors (Lipinski definition) is 1. The van der Waals surface area contributed by atoms with Crippen LogP contribution in [-0.4, -0.2) is 17.5 Å². The number of carbonyl (C=O) groups excluding carboxylic acids is 1. The minimum Gasteiger partial charge on any atom is -0.435 e. The van der Waals surface area contributed by atoms with E-state index in [2.05, 4.69) is 4.74 Å². The second-order valence-electron chi connectivity index (χ2n) is 5.57. The van der Waals surface area contributed by atoms with E-state index in [0.717, 1.165) is 6.07 Å². The molecule has 1 N–H and O–H groups in total. The topological polar surface area (TPSA) is 46.5 Å². The van der Waals surface area contributed by atoms with Gasteiger partial charge in [-0.05, 0) is 67.3 Å². The van der Waals surface area contributed by atoms with Gasteiger partial charge in [-0.3, -0.25) is 4.79 Å². The molecule has 0 saturated carbocycles. The van der Waals surface area contributed by atoms with Crippen molar-refractivity contribution in [3.8, 4) is 5.75 Å². The highest BCUT2D eigenvalue weighted by Gasteiger charge is 2.22. The summed E-state index contributed by atoms with van der Waals surface area (Å²) in [5, 5.41) is 10.2. The van der Waals surface area contributed by atoms with Crippen LogP contribution in [0.4, 0.5) is 13.2 Å². The first-order valence-electron chi connectivity index (χ1n) is 7.25. The lowest BCUT2D eigenvalue weighted by Gasteiger charge is -2.14. The maximum absolute atomic E-state index is 13.8. The maximum Gasteiger partial charge on any atom is 0.387 e. The van der Waals surface area contributed by atoms with Gasteiger partial charge in [0, 0.05) is 5.56 Å². The average molecular weight is 338 g/mol. The lowest BCUT2D eigenvalue weighted by atomic mass is 9.96. The van der Waals surface area contributed by atoms with Crippen LogP contribution < -0.4 is 4.74 Å². The van der Waals surface area contributed by atoms with Gasteiger partial charge in [-0.1, -0.05) is 6.07 Å². The number of aliphatic hydroxyl groups is 1. The lowest BCUT2D eigenvalue weighted by Crippen LogP contribution is -2.14. The molecule has 0 spiro atoms. The van der Waals surface area contributed by atoms with Gasteiger partial charge in [-0.15, -0.1) is 0 Å². The van der Waals surface area contributed by atoms with Gasteiger partial charge in [-0.25, -0.2) is 4.39 Å². The summed E-state index contributed by atoms with van der Waals surface area (Å²) in [6, 6.07) is 6.55. The Morgan fingerprint density at radius 2 is 1.75 bits per heavy atom. The fraction of sp³-hybridized carbons (Fsp3) is 0.278. The Labute approximate surface area is 137 Å². The van der Waals surface area contributed by atoms with E-state index in [1.807, 2.05) is 0 Å². The van der Waals surface area contributed by atoms with Gasteiger partial charge >= 0.3 is 6.61 Å². The van der Waals surface area contributed by atoms with Crippen LogP contribution in [0, 0.1) is 26.6 Å². The Hall–Kier alpha value is -2.34. The molecular formula is C18H17F3O3. The summed E-state index contributed by atoms with van der Waals surface area (Å²) in [4.78, 5) is 12.4. The third-order valence-electron chi connectivity index (χ3n) is 3.87. The second-order valence-corrected chi connectivity index (χ2v) is 5.57. The van der Waals surface area contributed by atoms with Gasteiger partial charge < -0.3 is 9.84 Å². The zero-order valence-electron chi connectivity index (χ0n) is 13.4. The average Bonchev–Trinajstić information content (AvgIpc) is 2.52. The summed E-state index contributed by atoms with van der Waals surface area (Å²) in [7, 11) is 0. The second kappa shape index (κ2) is 7.05. The number of hydrogen-bond acceptors (Lipinski definition) is 3. The lowest BCUT2D eigenvalue weighted by molar-refractivity contribution is -0.0503. The first kappa shape index (κ1) is 18.0. The van der Waals surface area contributed by atoms with Gasteiger partial charge in [0.15, 0.2) is 5.78 Å². The Balaban J connectivity index is 2.29. The molecule has 0 saturated heterocycles. The number of ketones is 1. The molecule has 0 aliphatic rings. The molecular weight excluding hydrogens is 321 g/mol. The summed E-state index contributed by atoms with van der Waals surface area (Å²) >= 11 is 0. The van der Waals surface area contributed by atoms with Crippen molar-refractivity contribution in [1.29, 1.82) is 0 Å². The van der Waals surface area contributed by atoms with E-state index in [1.165, 1.54) is 31.2 Å². The van der Waals surface area contributed by atoms with Crippen LogP contribution >= 0.6 is 0 Å². The normalized spacial score (nSPS) is 12.3. The van der Waals surface area contributed by atoms with E-state index in [1.54, 1.807) is 13.8 Å². The maximum atomic E-state index is 13.8. The highest BCUT2D eigenvalue weighted by atomic mass is 19.3. The van der Waals surface area contributed by atoms with Crippen LogP contribution in [0.2, 0.25) is 0 Å². The molecule has 0 bridgehead atoms. The summed E-state index contributed by atoms with van der Waals surface area (Å²) in [5.74, 6) is -1.23. The van der Waals surface area contributed by atoms with Crippen LogP contribution in [0.15, 0.2) is 30.3 Å². The number of carbonyl (C=O) groups is 1. The Morgan fingerprint density at radius 3 is 2.29 bits per heavy atom. The minimum absolute atomic E-state index is 0.0365. The van der Waals surface area contributed by atoms with Crippen molar-refractivity contribution in [3.63, 3.8) is 0 Å². The minimum atomic E-state index is -2.96. The zero-order valence-corrected chi connectivity index (χ0v) is 13.4. The molecule has 0 radical (unpaired) electrons. The highest BCUT2D eigenvalue weighted by molar-refractivity contribution is 6.00. The molecule has 1 atom stereocenters. The number of alkyl halides is 2. The molecule has 2 aromatic carbocycles. The van der Waals surface area contributed by atoms with Crippen LogP contribution in [-0.2, 0) is 0 Å². The number of aliphatic hydroxyl groups excluding tert-OH is 1. The number of halogens is 3. The first-order chi connectivity index (χ1) is 11.2. The molecule has 0 fully saturated rings. The molecule has 3 nitrogen and oxygen atoms in total. The monoisotopic (exact) mass is 338 g/mol. The van der Waals surface area contributed by atoms with Gasteiger partial charge in [0.1, 0.15) is 17.7 Å². The van der Waals surface area contributed by atoms with Crippen molar-refractivity contribution in [1.82, 2.24) is 0 Å². The summed E-state index contributed by atoms with van der Waals surface area (Å²) < 4.78 is 42.6. The number of benzene rings is 2. The smallest absolute Gasteiger partial charge is 0.387 e. The molecule has 0 heterocycles. The molecule has 128 valence electrons. The largest absolute Gasteiger partial charge is 0.435 e. The van der Waals surface area contributed by atoms with Gasteiger partial charge in [-0.2, -0.15) is 8.78 Å². The highest BCUT2D eigenvalue weighted by Crippen LogP contribution is 2.27. The fourth-order valence-corrected chi connectivity index (χ4v) is 2.34. The number of rotatable bonds is 5. The molecule has 0 aliphatic carbocycles. The fourth-order valence-electron chi connectivity index (χ4n) is 2.34. The van der Waals surface area contributed by atoms with E-state index in [9.17, 15) is 23.1 Å². The quantitative estimate of drug-likeness (QED) is 0.828. The molecule has 2 aromatic rings. The van der Waals surface area contributed by atoms with E-state index < -0.39 is 24.3 Å². The van der Waals surface area contributed by atoms with Crippen molar-refractivity contribution in [3.05, 3.63) is 64.0 Å². The predicted molar refractivity (Wildman–Crippen MR) is 83.0 cm³/mol. The van der Waals surface area contributed by atoms with E-state index in [4.69, 9.17) is 0 Å². The van der Waals surface area contributed by atoms with Crippen LogP contribution in [0.3, 0.4) is 0 Å². The van der Waals surface area contributed by atoms with Crippen molar-refractivity contribution in [2.75, 3.05) is 0 Å². The molecule has 24 heavy (non-hydrogen) atoms. The van der Waals surface area contributed by atoms with Crippen molar-refractivity contribution in [2.24, 2.45) is 0 Å². The van der Waals surface area contributed by atoms with Gasteiger partial charge in [0.25, 0.3) is 0 Å². The number of ether oxygens (including phenoxy) is 1. The molecule has 0 amide bonds. The van der Waals surface area contributed by atoms with Crippen molar-refractivity contribution in [2.45, 2.75) is 33.5 Å². The van der Waals surface area contributed by atoms with Gasteiger partial charge in [0.2, 0.25) is 0 Å². The van der Waals surface area contributed by atoms with Crippen LogP contribution in [0.1, 0.15) is 38.7 Å². The summed E-state index contributed by atoms with van der Waals surface area (Å²) in [6.07, 6.45) is -1.52.